The smallest absolute Gasteiger partial charge is 0.310 e. The van der Waals surface area contributed by atoms with Crippen LogP contribution in [0.15, 0.2) is 0 Å². The minimum atomic E-state index is -0.642. The highest BCUT2D eigenvalue weighted by Crippen LogP contribution is 2.50. The summed E-state index contributed by atoms with van der Waals surface area (Å²) >= 11 is 0. The summed E-state index contributed by atoms with van der Waals surface area (Å²) < 4.78 is 0. The predicted molar refractivity (Wildman–Crippen MR) is 68.5 cm³/mol. The van der Waals surface area contributed by atoms with Crippen molar-refractivity contribution in [2.24, 2.45) is 16.2 Å². The first-order valence-corrected chi connectivity index (χ1v) is 6.20. The molecule has 0 aromatic rings. The number of hydrogen-bond donors (Lipinski definition) is 1. The lowest BCUT2D eigenvalue weighted by molar-refractivity contribution is -0.160. The number of rotatable bonds is 4. The summed E-state index contributed by atoms with van der Waals surface area (Å²) in [7, 11) is 0. The van der Waals surface area contributed by atoms with Crippen LogP contribution in [-0.4, -0.2) is 11.1 Å². The first kappa shape index (κ1) is 15.5. The molecule has 96 valence electrons. The summed E-state index contributed by atoms with van der Waals surface area (Å²) in [5.74, 6) is -0.642. The van der Waals surface area contributed by atoms with Crippen LogP contribution in [0.25, 0.3) is 0 Å². The highest BCUT2D eigenvalue weighted by atomic mass is 16.4. The van der Waals surface area contributed by atoms with Crippen molar-refractivity contribution in [3.05, 3.63) is 0 Å². The van der Waals surface area contributed by atoms with Crippen LogP contribution in [0.1, 0.15) is 67.7 Å². The van der Waals surface area contributed by atoms with Gasteiger partial charge in [0.25, 0.3) is 0 Å². The highest BCUT2D eigenvalue weighted by Gasteiger charge is 2.49. The Balaban J connectivity index is 5.37. The third-order valence-corrected chi connectivity index (χ3v) is 3.35. The molecule has 2 heteroatoms. The molecule has 0 aliphatic heterocycles. The zero-order valence-corrected chi connectivity index (χ0v) is 12.0. The number of carboxylic acid groups (broad SMARTS) is 1. The molecule has 1 N–H and O–H groups in total. The van der Waals surface area contributed by atoms with E-state index >= 15 is 0 Å². The fourth-order valence-corrected chi connectivity index (χ4v) is 2.56. The summed E-state index contributed by atoms with van der Waals surface area (Å²) in [6, 6.07) is 0. The van der Waals surface area contributed by atoms with E-state index in [0.717, 1.165) is 19.3 Å². The summed E-state index contributed by atoms with van der Waals surface area (Å²) in [5, 5.41) is 9.65. The van der Waals surface area contributed by atoms with Gasteiger partial charge in [0.05, 0.1) is 5.41 Å². The molecular formula is C14H28O2. The van der Waals surface area contributed by atoms with E-state index in [9.17, 15) is 9.90 Å². The minimum Gasteiger partial charge on any atom is -0.481 e. The molecule has 0 saturated carbocycles. The second-order valence-electron chi connectivity index (χ2n) is 7.12. The van der Waals surface area contributed by atoms with Crippen molar-refractivity contribution in [3.8, 4) is 0 Å². The van der Waals surface area contributed by atoms with E-state index in [1.165, 1.54) is 0 Å². The quantitative estimate of drug-likeness (QED) is 0.777. The molecule has 1 unspecified atom stereocenters. The van der Waals surface area contributed by atoms with Crippen LogP contribution in [0, 0.1) is 16.2 Å². The van der Waals surface area contributed by atoms with E-state index in [1.807, 2.05) is 20.8 Å². The Kier molecular flexibility index (Phi) is 4.61. The van der Waals surface area contributed by atoms with Gasteiger partial charge in [-0.15, -0.1) is 0 Å². The van der Waals surface area contributed by atoms with Gasteiger partial charge in [-0.1, -0.05) is 54.9 Å². The van der Waals surface area contributed by atoms with E-state index in [1.54, 1.807) is 0 Å². The van der Waals surface area contributed by atoms with Crippen LogP contribution >= 0.6 is 0 Å². The average Bonchev–Trinajstić information content (AvgIpc) is 1.98. The Morgan fingerprint density at radius 2 is 1.50 bits per heavy atom. The molecule has 0 rings (SSSR count). The van der Waals surface area contributed by atoms with Gasteiger partial charge in [-0.05, 0) is 23.7 Å². The second kappa shape index (κ2) is 4.77. The molecule has 0 aliphatic carbocycles. The minimum absolute atomic E-state index is 0.0425. The molecule has 0 aliphatic rings. The van der Waals surface area contributed by atoms with Gasteiger partial charge in [0, 0.05) is 0 Å². The third-order valence-electron chi connectivity index (χ3n) is 3.35. The van der Waals surface area contributed by atoms with Crippen LogP contribution in [0.3, 0.4) is 0 Å². The Hall–Kier alpha value is -0.530. The van der Waals surface area contributed by atoms with Gasteiger partial charge in [-0.2, -0.15) is 0 Å². The van der Waals surface area contributed by atoms with Crippen molar-refractivity contribution in [1.29, 1.82) is 0 Å². The fraction of sp³-hybridized carbons (Fsp3) is 0.929. The Morgan fingerprint density at radius 3 is 1.69 bits per heavy atom. The molecular weight excluding hydrogens is 200 g/mol. The fourth-order valence-electron chi connectivity index (χ4n) is 2.56. The zero-order valence-electron chi connectivity index (χ0n) is 12.0. The summed E-state index contributed by atoms with van der Waals surface area (Å²) in [6.07, 6.45) is 2.40. The zero-order chi connectivity index (χ0) is 13.2. The van der Waals surface area contributed by atoms with Crippen LogP contribution in [0.5, 0.6) is 0 Å². The molecule has 0 radical (unpaired) electrons. The number of hydrogen-bond acceptors (Lipinski definition) is 1. The molecule has 0 bridgehead atoms. The molecule has 2 nitrogen and oxygen atoms in total. The Bertz CT molecular complexity index is 242. The van der Waals surface area contributed by atoms with Crippen molar-refractivity contribution >= 4 is 5.97 Å². The van der Waals surface area contributed by atoms with Crippen molar-refractivity contribution in [2.75, 3.05) is 0 Å². The van der Waals surface area contributed by atoms with Crippen LogP contribution < -0.4 is 0 Å². The summed E-state index contributed by atoms with van der Waals surface area (Å²) in [5.41, 5.74) is -0.775. The van der Waals surface area contributed by atoms with Gasteiger partial charge in [-0.3, -0.25) is 4.79 Å². The molecule has 0 fully saturated rings. The van der Waals surface area contributed by atoms with Crippen molar-refractivity contribution in [1.82, 2.24) is 0 Å². The number of aliphatic carboxylic acids is 1. The molecule has 0 amide bonds. The highest BCUT2D eigenvalue weighted by molar-refractivity contribution is 5.75. The average molecular weight is 228 g/mol. The Morgan fingerprint density at radius 1 is 1.06 bits per heavy atom. The van der Waals surface area contributed by atoms with E-state index < -0.39 is 11.4 Å². The lowest BCUT2D eigenvalue weighted by Gasteiger charge is -2.45. The largest absolute Gasteiger partial charge is 0.481 e. The van der Waals surface area contributed by atoms with Crippen LogP contribution in [0.2, 0.25) is 0 Å². The molecule has 0 aromatic carbocycles. The Labute approximate surface area is 100 Å². The SMILES string of the molecule is CCCC(CC(C)(C)C)(C(=O)O)C(C)(C)C. The second-order valence-corrected chi connectivity index (χ2v) is 7.12. The van der Waals surface area contributed by atoms with Crippen molar-refractivity contribution in [3.63, 3.8) is 0 Å². The van der Waals surface area contributed by atoms with E-state index in [2.05, 4.69) is 27.7 Å². The van der Waals surface area contributed by atoms with E-state index in [4.69, 9.17) is 0 Å². The van der Waals surface area contributed by atoms with Gasteiger partial charge in [0.15, 0.2) is 0 Å². The summed E-state index contributed by atoms with van der Waals surface area (Å²) in [6.45, 7) is 14.5. The molecule has 16 heavy (non-hydrogen) atoms. The summed E-state index contributed by atoms with van der Waals surface area (Å²) in [4.78, 5) is 11.7. The standard InChI is InChI=1S/C14H28O2/c1-8-9-14(11(15)16,13(5,6)7)10-12(2,3)4/h8-10H2,1-7H3,(H,15,16). The van der Waals surface area contributed by atoms with Crippen LogP contribution in [0.4, 0.5) is 0 Å². The van der Waals surface area contributed by atoms with Gasteiger partial charge in [-0.25, -0.2) is 0 Å². The third kappa shape index (κ3) is 3.50. The number of carbonyl (C=O) groups is 1. The molecule has 0 saturated heterocycles. The monoisotopic (exact) mass is 228 g/mol. The molecule has 1 atom stereocenters. The first-order valence-electron chi connectivity index (χ1n) is 6.20. The normalized spacial score (nSPS) is 16.9. The van der Waals surface area contributed by atoms with Crippen molar-refractivity contribution in [2.45, 2.75) is 67.7 Å². The van der Waals surface area contributed by atoms with Crippen molar-refractivity contribution < 1.29 is 9.90 Å². The van der Waals surface area contributed by atoms with Gasteiger partial charge in [0.2, 0.25) is 0 Å². The maximum absolute atomic E-state index is 11.7. The van der Waals surface area contributed by atoms with Gasteiger partial charge < -0.3 is 5.11 Å². The van der Waals surface area contributed by atoms with E-state index in [0.29, 0.717) is 0 Å². The maximum Gasteiger partial charge on any atom is 0.310 e. The molecule has 0 spiro atoms. The maximum atomic E-state index is 11.7. The lowest BCUT2D eigenvalue weighted by atomic mass is 9.58. The number of carboxylic acids is 1. The van der Waals surface area contributed by atoms with Gasteiger partial charge >= 0.3 is 5.97 Å². The van der Waals surface area contributed by atoms with Gasteiger partial charge in [0.1, 0.15) is 0 Å². The molecule has 0 heterocycles. The lowest BCUT2D eigenvalue weighted by Crippen LogP contribution is -2.45. The first-order chi connectivity index (χ1) is 6.96. The predicted octanol–water partition coefficient (Wildman–Crippen LogP) is 4.34. The molecule has 0 aromatic heterocycles. The van der Waals surface area contributed by atoms with E-state index in [-0.39, 0.29) is 10.8 Å². The van der Waals surface area contributed by atoms with Crippen LogP contribution in [-0.2, 0) is 4.79 Å². The topological polar surface area (TPSA) is 37.3 Å².